The molecule has 1 N–H and O–H groups in total. The van der Waals surface area contributed by atoms with Gasteiger partial charge < -0.3 is 10.1 Å². The fourth-order valence-corrected chi connectivity index (χ4v) is 2.64. The second kappa shape index (κ2) is 6.40. The van der Waals surface area contributed by atoms with Gasteiger partial charge in [-0.15, -0.1) is 0 Å². The van der Waals surface area contributed by atoms with Crippen molar-refractivity contribution < 1.29 is 9.53 Å². The lowest BCUT2D eigenvalue weighted by Gasteiger charge is -2.23. The van der Waals surface area contributed by atoms with Gasteiger partial charge in [0.1, 0.15) is 11.8 Å². The van der Waals surface area contributed by atoms with Crippen LogP contribution in [0.2, 0.25) is 0 Å². The summed E-state index contributed by atoms with van der Waals surface area (Å²) in [5.41, 5.74) is 1.58. The summed E-state index contributed by atoms with van der Waals surface area (Å²) in [6.07, 6.45) is 1.93. The van der Waals surface area contributed by atoms with Crippen molar-refractivity contribution in [1.82, 2.24) is 10.2 Å². The molecular formula is C15H19N3O2. The Morgan fingerprint density at radius 3 is 3.05 bits per heavy atom. The average Bonchev–Trinajstić information content (AvgIpc) is 2.94. The molecule has 1 aliphatic heterocycles. The molecule has 1 saturated heterocycles. The van der Waals surface area contributed by atoms with Crippen molar-refractivity contribution in [1.29, 1.82) is 5.26 Å². The number of amides is 1. The molecule has 1 heterocycles. The summed E-state index contributed by atoms with van der Waals surface area (Å²) in [6.45, 7) is 1.61. The van der Waals surface area contributed by atoms with E-state index in [9.17, 15) is 4.79 Å². The molecule has 0 radical (unpaired) electrons. The molecule has 5 nitrogen and oxygen atoms in total. The predicted molar refractivity (Wildman–Crippen MR) is 75.2 cm³/mol. The zero-order valence-electron chi connectivity index (χ0n) is 11.8. The first-order valence-electron chi connectivity index (χ1n) is 6.72. The molecule has 0 aliphatic carbocycles. The SMILES string of the molecule is CNC(=O)C1CCCN1Cc1ccc(C#N)c(OC)c1. The number of nitrogens with one attached hydrogen (secondary N) is 1. The summed E-state index contributed by atoms with van der Waals surface area (Å²) in [5, 5.41) is 11.7. The molecule has 106 valence electrons. The number of carbonyl (C=O) groups excluding carboxylic acids is 1. The third-order valence-electron chi connectivity index (χ3n) is 3.68. The standard InChI is InChI=1S/C15H19N3O2/c1-17-15(19)13-4-3-7-18(13)10-11-5-6-12(9-16)14(8-11)20-2/h5-6,8,13H,3-4,7,10H2,1-2H3,(H,17,19). The Morgan fingerprint density at radius 1 is 1.60 bits per heavy atom. The normalized spacial score (nSPS) is 18.6. The molecule has 1 aromatic rings. The van der Waals surface area contributed by atoms with Crippen LogP contribution in [0.25, 0.3) is 0 Å². The summed E-state index contributed by atoms with van der Waals surface area (Å²) in [6, 6.07) is 7.60. The van der Waals surface area contributed by atoms with E-state index >= 15 is 0 Å². The molecule has 0 aromatic heterocycles. The van der Waals surface area contributed by atoms with Gasteiger partial charge in [-0.25, -0.2) is 0 Å². The van der Waals surface area contributed by atoms with E-state index in [1.807, 2.05) is 12.1 Å². The number of methoxy groups -OCH3 is 1. The van der Waals surface area contributed by atoms with Crippen LogP contribution in [0.5, 0.6) is 5.75 Å². The molecule has 0 spiro atoms. The van der Waals surface area contributed by atoms with Crippen molar-refractivity contribution in [3.63, 3.8) is 0 Å². The minimum atomic E-state index is -0.0540. The molecule has 1 amide bonds. The van der Waals surface area contributed by atoms with Crippen molar-refractivity contribution >= 4 is 5.91 Å². The molecule has 2 rings (SSSR count). The van der Waals surface area contributed by atoms with E-state index in [-0.39, 0.29) is 11.9 Å². The monoisotopic (exact) mass is 273 g/mol. The maximum Gasteiger partial charge on any atom is 0.237 e. The van der Waals surface area contributed by atoms with Gasteiger partial charge in [0.05, 0.1) is 18.7 Å². The summed E-state index contributed by atoms with van der Waals surface area (Å²) < 4.78 is 5.22. The summed E-state index contributed by atoms with van der Waals surface area (Å²) in [7, 11) is 3.23. The van der Waals surface area contributed by atoms with E-state index in [0.29, 0.717) is 17.9 Å². The fraction of sp³-hybridized carbons (Fsp3) is 0.467. The predicted octanol–water partition coefficient (Wildman–Crippen LogP) is 1.28. The van der Waals surface area contributed by atoms with Crippen LogP contribution in [0.3, 0.4) is 0 Å². The topological polar surface area (TPSA) is 65.4 Å². The average molecular weight is 273 g/mol. The summed E-state index contributed by atoms with van der Waals surface area (Å²) >= 11 is 0. The van der Waals surface area contributed by atoms with Crippen molar-refractivity contribution in [2.24, 2.45) is 0 Å². The maximum atomic E-state index is 11.8. The highest BCUT2D eigenvalue weighted by molar-refractivity contribution is 5.81. The van der Waals surface area contributed by atoms with Crippen LogP contribution < -0.4 is 10.1 Å². The van der Waals surface area contributed by atoms with Crippen LogP contribution in [-0.4, -0.2) is 37.6 Å². The molecule has 1 aliphatic rings. The van der Waals surface area contributed by atoms with Crippen LogP contribution in [-0.2, 0) is 11.3 Å². The number of carbonyl (C=O) groups is 1. The Kier molecular flexibility index (Phi) is 4.59. The van der Waals surface area contributed by atoms with Crippen molar-refractivity contribution in [3.05, 3.63) is 29.3 Å². The highest BCUT2D eigenvalue weighted by Gasteiger charge is 2.29. The van der Waals surface area contributed by atoms with E-state index in [1.54, 1.807) is 20.2 Å². The Bertz CT molecular complexity index is 536. The van der Waals surface area contributed by atoms with Crippen molar-refractivity contribution in [2.45, 2.75) is 25.4 Å². The Balaban J connectivity index is 2.14. The van der Waals surface area contributed by atoms with Gasteiger partial charge in [0, 0.05) is 13.6 Å². The minimum absolute atomic E-state index is 0.0540. The molecule has 1 atom stereocenters. The number of hydrogen-bond donors (Lipinski definition) is 1. The highest BCUT2D eigenvalue weighted by atomic mass is 16.5. The number of nitriles is 1. The zero-order chi connectivity index (χ0) is 14.5. The first-order chi connectivity index (χ1) is 9.69. The van der Waals surface area contributed by atoms with E-state index in [0.717, 1.165) is 24.9 Å². The Morgan fingerprint density at radius 2 is 2.40 bits per heavy atom. The van der Waals surface area contributed by atoms with Crippen molar-refractivity contribution in [3.8, 4) is 11.8 Å². The zero-order valence-corrected chi connectivity index (χ0v) is 11.8. The molecule has 0 bridgehead atoms. The highest BCUT2D eigenvalue weighted by Crippen LogP contribution is 2.24. The van der Waals surface area contributed by atoms with E-state index in [2.05, 4.69) is 16.3 Å². The molecule has 1 aromatic carbocycles. The first-order valence-corrected chi connectivity index (χ1v) is 6.72. The lowest BCUT2D eigenvalue weighted by Crippen LogP contribution is -2.41. The number of rotatable bonds is 4. The molecule has 1 unspecified atom stereocenters. The minimum Gasteiger partial charge on any atom is -0.495 e. The lowest BCUT2D eigenvalue weighted by atomic mass is 10.1. The third kappa shape index (κ3) is 2.91. The van der Waals surface area contributed by atoms with Gasteiger partial charge in [-0.3, -0.25) is 9.69 Å². The van der Waals surface area contributed by atoms with Gasteiger partial charge in [-0.05, 0) is 37.1 Å². The molecule has 20 heavy (non-hydrogen) atoms. The molecule has 0 saturated carbocycles. The van der Waals surface area contributed by atoms with Gasteiger partial charge >= 0.3 is 0 Å². The number of likely N-dealkylation sites (tertiary alicyclic amines) is 1. The van der Waals surface area contributed by atoms with E-state index in [1.165, 1.54) is 0 Å². The second-order valence-electron chi connectivity index (χ2n) is 4.89. The van der Waals surface area contributed by atoms with Gasteiger partial charge in [-0.1, -0.05) is 6.07 Å². The van der Waals surface area contributed by atoms with Crippen LogP contribution in [0, 0.1) is 11.3 Å². The van der Waals surface area contributed by atoms with Gasteiger partial charge in [-0.2, -0.15) is 5.26 Å². The van der Waals surface area contributed by atoms with Crippen LogP contribution in [0.15, 0.2) is 18.2 Å². The quantitative estimate of drug-likeness (QED) is 0.897. The smallest absolute Gasteiger partial charge is 0.237 e. The van der Waals surface area contributed by atoms with E-state index < -0.39 is 0 Å². The second-order valence-corrected chi connectivity index (χ2v) is 4.89. The van der Waals surface area contributed by atoms with Crippen LogP contribution >= 0.6 is 0 Å². The first kappa shape index (κ1) is 14.4. The van der Waals surface area contributed by atoms with Crippen LogP contribution in [0.1, 0.15) is 24.0 Å². The van der Waals surface area contributed by atoms with Gasteiger partial charge in [0.15, 0.2) is 0 Å². The van der Waals surface area contributed by atoms with Crippen LogP contribution in [0.4, 0.5) is 0 Å². The third-order valence-corrected chi connectivity index (χ3v) is 3.68. The summed E-state index contributed by atoms with van der Waals surface area (Å²) in [4.78, 5) is 14.0. The number of benzene rings is 1. The van der Waals surface area contributed by atoms with Gasteiger partial charge in [0.2, 0.25) is 5.91 Å². The number of likely N-dealkylation sites (N-methyl/N-ethyl adjacent to an activating group) is 1. The number of hydrogen-bond acceptors (Lipinski definition) is 4. The van der Waals surface area contributed by atoms with Crippen molar-refractivity contribution in [2.75, 3.05) is 20.7 Å². The van der Waals surface area contributed by atoms with E-state index in [4.69, 9.17) is 10.00 Å². The number of nitrogens with zero attached hydrogens (tertiary/aromatic N) is 2. The molecule has 1 fully saturated rings. The number of ether oxygens (including phenoxy) is 1. The Hall–Kier alpha value is -2.06. The lowest BCUT2D eigenvalue weighted by molar-refractivity contribution is -0.125. The summed E-state index contributed by atoms with van der Waals surface area (Å²) in [5.74, 6) is 0.656. The molecule has 5 heteroatoms. The Labute approximate surface area is 119 Å². The fourth-order valence-electron chi connectivity index (χ4n) is 2.64. The largest absolute Gasteiger partial charge is 0.495 e. The van der Waals surface area contributed by atoms with Gasteiger partial charge in [0.25, 0.3) is 0 Å². The maximum absolute atomic E-state index is 11.8. The molecular weight excluding hydrogens is 254 g/mol.